The van der Waals surface area contributed by atoms with Crippen LogP contribution in [0.4, 0.5) is 0 Å². The third-order valence-corrected chi connectivity index (χ3v) is 3.68. The summed E-state index contributed by atoms with van der Waals surface area (Å²) in [7, 11) is 0. The number of nitrogens with two attached hydrogens (primary N) is 1. The number of hydrogen-bond donors (Lipinski definition) is 1. The number of carbonyl (C=O) groups excluding carboxylic acids is 1. The predicted molar refractivity (Wildman–Crippen MR) is 89.8 cm³/mol. The molecule has 21 heavy (non-hydrogen) atoms. The molecule has 2 N–H and O–H groups in total. The molecule has 2 aromatic carbocycles. The fraction of sp³-hybridized carbons (Fsp3) is 0.118. The highest BCUT2D eigenvalue weighted by Crippen LogP contribution is 2.26. The molecule has 0 unspecified atom stereocenters. The summed E-state index contributed by atoms with van der Waals surface area (Å²) in [5.74, 6) is 0.0449. The Hall–Kier alpha value is -1.61. The van der Waals surface area contributed by atoms with Gasteiger partial charge in [-0.05, 0) is 30.3 Å². The Morgan fingerprint density at radius 3 is 2.38 bits per heavy atom. The van der Waals surface area contributed by atoms with Crippen LogP contribution in [0.15, 0.2) is 42.5 Å². The lowest BCUT2D eigenvalue weighted by Crippen LogP contribution is -2.07. The summed E-state index contributed by atoms with van der Waals surface area (Å²) < 4.78 is 0. The van der Waals surface area contributed by atoms with Crippen molar-refractivity contribution in [2.75, 3.05) is 6.54 Å². The molecule has 0 spiro atoms. The van der Waals surface area contributed by atoms with Crippen LogP contribution in [0, 0.1) is 0 Å². The zero-order valence-electron chi connectivity index (χ0n) is 11.4. The minimum absolute atomic E-state index is 0.0449. The second-order valence-corrected chi connectivity index (χ2v) is 5.37. The third kappa shape index (κ3) is 4.18. The number of benzene rings is 2. The first-order chi connectivity index (χ1) is 10.1. The highest BCUT2D eigenvalue weighted by Gasteiger charge is 2.05. The van der Waals surface area contributed by atoms with E-state index in [0.29, 0.717) is 28.6 Å². The van der Waals surface area contributed by atoms with E-state index in [1.165, 1.54) is 0 Å². The molecule has 0 atom stereocenters. The molecule has 0 aliphatic rings. The largest absolute Gasteiger partial charge is 0.330 e. The Labute approximate surface area is 134 Å². The molecule has 0 bridgehead atoms. The minimum atomic E-state index is 0.0449. The van der Waals surface area contributed by atoms with Gasteiger partial charge in [0.2, 0.25) is 0 Å². The Kier molecular flexibility index (Phi) is 5.57. The first-order valence-electron chi connectivity index (χ1n) is 6.57. The van der Waals surface area contributed by atoms with Gasteiger partial charge >= 0.3 is 0 Å². The number of hydrogen-bond acceptors (Lipinski definition) is 2. The van der Waals surface area contributed by atoms with E-state index in [1.54, 1.807) is 24.3 Å². The van der Waals surface area contributed by atoms with Crippen molar-refractivity contribution in [3.63, 3.8) is 0 Å². The summed E-state index contributed by atoms with van der Waals surface area (Å²) in [6.45, 7) is 0.355. The number of carbonyl (C=O) groups is 1. The van der Waals surface area contributed by atoms with Gasteiger partial charge in [0.05, 0.1) is 0 Å². The minimum Gasteiger partial charge on any atom is -0.330 e. The van der Waals surface area contributed by atoms with Crippen LogP contribution in [-0.4, -0.2) is 12.3 Å². The number of rotatable bonds is 5. The van der Waals surface area contributed by atoms with E-state index in [1.807, 2.05) is 30.4 Å². The van der Waals surface area contributed by atoms with Crippen molar-refractivity contribution in [3.05, 3.63) is 69.2 Å². The van der Waals surface area contributed by atoms with Gasteiger partial charge in [-0.25, -0.2) is 0 Å². The molecular formula is C17H15Cl2NO. The van der Waals surface area contributed by atoms with E-state index in [4.69, 9.17) is 28.9 Å². The van der Waals surface area contributed by atoms with Crippen molar-refractivity contribution in [2.24, 2.45) is 5.73 Å². The van der Waals surface area contributed by atoms with Gasteiger partial charge in [-0.2, -0.15) is 0 Å². The maximum absolute atomic E-state index is 11.8. The number of ketones is 1. The second kappa shape index (κ2) is 7.41. The summed E-state index contributed by atoms with van der Waals surface area (Å²) in [4.78, 5) is 11.8. The highest BCUT2D eigenvalue weighted by molar-refractivity contribution is 6.37. The number of Topliss-reactive ketones (excluding diaryl/α,β-unsaturated/α-hetero) is 1. The standard InChI is InChI=1S/C17H15Cl2NO/c18-15-5-2-6-16(19)14(15)8-7-12-3-1-4-13(11-12)17(21)9-10-20/h1-8,11H,9-10,20H2. The van der Waals surface area contributed by atoms with Crippen molar-refractivity contribution < 1.29 is 4.79 Å². The fourth-order valence-corrected chi connectivity index (χ4v) is 2.46. The van der Waals surface area contributed by atoms with E-state index in [0.717, 1.165) is 11.1 Å². The molecule has 2 rings (SSSR count). The van der Waals surface area contributed by atoms with E-state index in [9.17, 15) is 4.79 Å². The second-order valence-electron chi connectivity index (χ2n) is 4.56. The summed E-state index contributed by atoms with van der Waals surface area (Å²) >= 11 is 12.2. The lowest BCUT2D eigenvalue weighted by atomic mass is 10.0. The van der Waals surface area contributed by atoms with Crippen LogP contribution in [0.25, 0.3) is 12.2 Å². The quantitative estimate of drug-likeness (QED) is 0.641. The Morgan fingerprint density at radius 1 is 1.05 bits per heavy atom. The average molecular weight is 320 g/mol. The monoisotopic (exact) mass is 319 g/mol. The van der Waals surface area contributed by atoms with Crippen molar-refractivity contribution in [2.45, 2.75) is 6.42 Å². The zero-order chi connectivity index (χ0) is 15.2. The third-order valence-electron chi connectivity index (χ3n) is 3.02. The molecule has 0 amide bonds. The normalized spacial score (nSPS) is 11.0. The van der Waals surface area contributed by atoms with Crippen molar-refractivity contribution >= 4 is 41.1 Å². The first kappa shape index (κ1) is 15.8. The van der Waals surface area contributed by atoms with Gasteiger partial charge in [0.25, 0.3) is 0 Å². The first-order valence-corrected chi connectivity index (χ1v) is 7.33. The van der Waals surface area contributed by atoms with Crippen molar-refractivity contribution in [1.29, 1.82) is 0 Å². The van der Waals surface area contributed by atoms with E-state index in [2.05, 4.69) is 0 Å². The van der Waals surface area contributed by atoms with Crippen LogP contribution < -0.4 is 5.73 Å². The van der Waals surface area contributed by atoms with Gasteiger partial charge in [-0.1, -0.05) is 59.6 Å². The fourth-order valence-electron chi connectivity index (χ4n) is 1.94. The SMILES string of the molecule is NCCC(=O)c1cccc(C=Cc2c(Cl)cccc2Cl)c1. The van der Waals surface area contributed by atoms with Crippen molar-refractivity contribution in [1.82, 2.24) is 0 Å². The molecule has 0 saturated carbocycles. The maximum atomic E-state index is 11.8. The summed E-state index contributed by atoms with van der Waals surface area (Å²) in [6.07, 6.45) is 4.08. The van der Waals surface area contributed by atoms with Gasteiger partial charge in [-0.15, -0.1) is 0 Å². The summed E-state index contributed by atoms with van der Waals surface area (Å²) in [5.41, 5.74) is 7.74. The molecule has 2 aromatic rings. The van der Waals surface area contributed by atoms with Gasteiger partial charge in [-0.3, -0.25) is 4.79 Å². The van der Waals surface area contributed by atoms with Crippen LogP contribution in [0.3, 0.4) is 0 Å². The van der Waals surface area contributed by atoms with Crippen LogP contribution in [0.1, 0.15) is 27.9 Å². The lowest BCUT2D eigenvalue weighted by molar-refractivity contribution is 0.0985. The molecule has 0 aromatic heterocycles. The zero-order valence-corrected chi connectivity index (χ0v) is 12.9. The lowest BCUT2D eigenvalue weighted by Gasteiger charge is -2.03. The van der Waals surface area contributed by atoms with Gasteiger partial charge < -0.3 is 5.73 Å². The maximum Gasteiger partial charge on any atom is 0.164 e. The van der Waals surface area contributed by atoms with Gasteiger partial charge in [0.1, 0.15) is 0 Å². The molecular weight excluding hydrogens is 305 g/mol. The molecule has 0 aliphatic carbocycles. The molecule has 108 valence electrons. The molecule has 0 fully saturated rings. The van der Waals surface area contributed by atoms with Crippen LogP contribution in [0.2, 0.25) is 10.0 Å². The van der Waals surface area contributed by atoms with Crippen LogP contribution >= 0.6 is 23.2 Å². The number of halogens is 2. The smallest absolute Gasteiger partial charge is 0.164 e. The molecule has 2 nitrogen and oxygen atoms in total. The van der Waals surface area contributed by atoms with E-state index in [-0.39, 0.29) is 5.78 Å². The highest BCUT2D eigenvalue weighted by atomic mass is 35.5. The van der Waals surface area contributed by atoms with E-state index >= 15 is 0 Å². The molecule has 0 saturated heterocycles. The van der Waals surface area contributed by atoms with Crippen molar-refractivity contribution in [3.8, 4) is 0 Å². The topological polar surface area (TPSA) is 43.1 Å². The van der Waals surface area contributed by atoms with Gasteiger partial charge in [0.15, 0.2) is 5.78 Å². The molecule has 0 heterocycles. The Bertz CT molecular complexity index is 660. The summed E-state index contributed by atoms with van der Waals surface area (Å²) in [5, 5.41) is 1.18. The molecule has 0 aliphatic heterocycles. The Balaban J connectivity index is 2.26. The van der Waals surface area contributed by atoms with E-state index < -0.39 is 0 Å². The van der Waals surface area contributed by atoms with Crippen LogP contribution in [0.5, 0.6) is 0 Å². The molecule has 0 radical (unpaired) electrons. The average Bonchev–Trinajstić information content (AvgIpc) is 2.47. The summed E-state index contributed by atoms with van der Waals surface area (Å²) in [6, 6.07) is 12.8. The van der Waals surface area contributed by atoms with Gasteiger partial charge in [0, 0.05) is 27.6 Å². The Morgan fingerprint density at radius 2 is 1.71 bits per heavy atom. The molecule has 4 heteroatoms. The predicted octanol–water partition coefficient (Wildman–Crippen LogP) is 4.70. The van der Waals surface area contributed by atoms with Crippen LogP contribution in [-0.2, 0) is 0 Å².